The predicted octanol–water partition coefficient (Wildman–Crippen LogP) is 0.727. The first-order valence-electron chi connectivity index (χ1n) is 6.64. The Morgan fingerprint density at radius 2 is 2.06 bits per heavy atom. The molecular weight excluding hydrogens is 218 g/mol. The minimum atomic E-state index is -0.252. The fourth-order valence-electron chi connectivity index (χ4n) is 4.53. The lowest BCUT2D eigenvalue weighted by Gasteiger charge is -2.45. The molecule has 4 atom stereocenters. The topological polar surface area (TPSA) is 57.6 Å². The first-order valence-corrected chi connectivity index (χ1v) is 6.64. The van der Waals surface area contributed by atoms with Gasteiger partial charge in [-0.3, -0.25) is 4.79 Å². The number of amides is 1. The second-order valence-corrected chi connectivity index (χ2v) is 5.70. The van der Waals surface area contributed by atoms with Crippen molar-refractivity contribution in [2.45, 2.75) is 50.1 Å². The van der Waals surface area contributed by atoms with Crippen LogP contribution in [-0.2, 0) is 9.59 Å². The Morgan fingerprint density at radius 3 is 2.71 bits per heavy atom. The Morgan fingerprint density at radius 1 is 1.35 bits per heavy atom. The largest absolute Gasteiger partial charge is 0.396 e. The molecular formula is C13H19NO3. The van der Waals surface area contributed by atoms with E-state index in [1.165, 1.54) is 0 Å². The lowest BCUT2D eigenvalue weighted by Crippen LogP contribution is -2.55. The number of aliphatic hydroxyl groups is 1. The molecule has 2 saturated heterocycles. The fraction of sp³-hybridized carbons (Fsp3) is 0.846. The third kappa shape index (κ3) is 1.27. The van der Waals surface area contributed by atoms with Crippen LogP contribution in [-0.4, -0.2) is 40.4 Å². The highest BCUT2D eigenvalue weighted by Gasteiger charge is 2.62. The molecule has 3 aliphatic rings. The Labute approximate surface area is 101 Å². The average molecular weight is 237 g/mol. The van der Waals surface area contributed by atoms with E-state index in [1.54, 1.807) is 0 Å². The van der Waals surface area contributed by atoms with Crippen LogP contribution in [0.5, 0.6) is 0 Å². The van der Waals surface area contributed by atoms with Gasteiger partial charge in [0.15, 0.2) is 0 Å². The SMILES string of the molecule is O=C[C@H]1CCC[C@@]23CCC[C@@H]2[C@@H](CO)C(=O)N13. The van der Waals surface area contributed by atoms with Crippen LogP contribution in [0.15, 0.2) is 0 Å². The molecule has 1 saturated carbocycles. The van der Waals surface area contributed by atoms with Gasteiger partial charge in [-0.15, -0.1) is 0 Å². The monoisotopic (exact) mass is 237 g/mol. The minimum absolute atomic E-state index is 0.0222. The smallest absolute Gasteiger partial charge is 0.229 e. The van der Waals surface area contributed by atoms with E-state index in [0.29, 0.717) is 0 Å². The van der Waals surface area contributed by atoms with Gasteiger partial charge in [-0.05, 0) is 38.0 Å². The molecule has 3 fully saturated rings. The van der Waals surface area contributed by atoms with Crippen LogP contribution in [0.25, 0.3) is 0 Å². The molecule has 4 heteroatoms. The number of carbonyl (C=O) groups excluding carboxylic acids is 2. The van der Waals surface area contributed by atoms with Crippen LogP contribution in [0.4, 0.5) is 0 Å². The summed E-state index contributed by atoms with van der Waals surface area (Å²) in [5.74, 6) is 0.0507. The predicted molar refractivity (Wildman–Crippen MR) is 61.2 cm³/mol. The quantitative estimate of drug-likeness (QED) is 0.720. The van der Waals surface area contributed by atoms with E-state index < -0.39 is 0 Å². The first kappa shape index (κ1) is 11.2. The highest BCUT2D eigenvalue weighted by atomic mass is 16.3. The van der Waals surface area contributed by atoms with Gasteiger partial charge < -0.3 is 14.8 Å². The van der Waals surface area contributed by atoms with Gasteiger partial charge in [0.2, 0.25) is 5.91 Å². The van der Waals surface area contributed by atoms with Crippen LogP contribution < -0.4 is 0 Å². The highest BCUT2D eigenvalue weighted by molar-refractivity contribution is 5.86. The molecule has 0 aromatic rings. The van der Waals surface area contributed by atoms with E-state index in [0.717, 1.165) is 44.8 Å². The van der Waals surface area contributed by atoms with E-state index in [1.807, 2.05) is 4.90 Å². The molecule has 4 nitrogen and oxygen atoms in total. The molecule has 0 unspecified atom stereocenters. The van der Waals surface area contributed by atoms with Crippen LogP contribution in [0.2, 0.25) is 0 Å². The molecule has 94 valence electrons. The molecule has 2 aliphatic heterocycles. The average Bonchev–Trinajstić information content (AvgIpc) is 2.82. The molecule has 1 aliphatic carbocycles. The van der Waals surface area contributed by atoms with Crippen molar-refractivity contribution in [2.75, 3.05) is 6.61 Å². The molecule has 1 spiro atoms. The summed E-state index contributed by atoms with van der Waals surface area (Å²) in [5.41, 5.74) is -0.0890. The van der Waals surface area contributed by atoms with Gasteiger partial charge in [-0.2, -0.15) is 0 Å². The van der Waals surface area contributed by atoms with Gasteiger partial charge in [0.1, 0.15) is 6.29 Å². The maximum absolute atomic E-state index is 12.4. The number of aldehydes is 1. The maximum atomic E-state index is 12.4. The third-order valence-corrected chi connectivity index (χ3v) is 5.13. The number of piperidine rings is 1. The first-order chi connectivity index (χ1) is 8.24. The zero-order chi connectivity index (χ0) is 12.0. The molecule has 0 radical (unpaired) electrons. The van der Waals surface area contributed by atoms with E-state index in [9.17, 15) is 14.7 Å². The normalized spacial score (nSPS) is 44.6. The molecule has 1 amide bonds. The molecule has 2 heterocycles. The van der Waals surface area contributed by atoms with E-state index >= 15 is 0 Å². The van der Waals surface area contributed by atoms with Crippen molar-refractivity contribution >= 4 is 12.2 Å². The van der Waals surface area contributed by atoms with Gasteiger partial charge in [0.05, 0.1) is 18.6 Å². The van der Waals surface area contributed by atoms with Gasteiger partial charge in [-0.1, -0.05) is 6.42 Å². The molecule has 0 aromatic heterocycles. The van der Waals surface area contributed by atoms with Crippen molar-refractivity contribution in [3.8, 4) is 0 Å². The van der Waals surface area contributed by atoms with Gasteiger partial charge in [0.25, 0.3) is 0 Å². The highest BCUT2D eigenvalue weighted by Crippen LogP contribution is 2.55. The number of hydrogen-bond acceptors (Lipinski definition) is 3. The summed E-state index contributed by atoms with van der Waals surface area (Å²) in [6.45, 7) is -0.0622. The summed E-state index contributed by atoms with van der Waals surface area (Å²) in [6, 6.07) is -0.242. The number of aliphatic hydroxyl groups excluding tert-OH is 1. The number of hydrogen-bond donors (Lipinski definition) is 1. The van der Waals surface area contributed by atoms with Gasteiger partial charge in [-0.25, -0.2) is 0 Å². The molecule has 0 aromatic carbocycles. The maximum Gasteiger partial charge on any atom is 0.229 e. The Balaban J connectivity index is 2.03. The van der Waals surface area contributed by atoms with Gasteiger partial charge >= 0.3 is 0 Å². The summed E-state index contributed by atoms with van der Waals surface area (Å²) in [4.78, 5) is 25.4. The fourth-order valence-corrected chi connectivity index (χ4v) is 4.53. The Kier molecular flexibility index (Phi) is 2.51. The summed E-state index contributed by atoms with van der Waals surface area (Å²) in [5, 5.41) is 9.45. The second-order valence-electron chi connectivity index (χ2n) is 5.70. The Hall–Kier alpha value is -0.900. The van der Waals surface area contributed by atoms with Crippen molar-refractivity contribution in [1.82, 2.24) is 4.90 Å². The van der Waals surface area contributed by atoms with Crippen LogP contribution in [0.1, 0.15) is 38.5 Å². The molecule has 1 N–H and O–H groups in total. The summed E-state index contributed by atoms with van der Waals surface area (Å²) in [6.07, 6.45) is 6.93. The van der Waals surface area contributed by atoms with Crippen molar-refractivity contribution < 1.29 is 14.7 Å². The van der Waals surface area contributed by atoms with Crippen molar-refractivity contribution in [3.63, 3.8) is 0 Å². The van der Waals surface area contributed by atoms with E-state index in [4.69, 9.17) is 0 Å². The standard InChI is InChI=1S/C13H19NO3/c15-7-9-3-1-5-13-6-2-4-11(13)10(8-16)12(17)14(9)13/h7,9-11,16H,1-6,8H2/t9-,10-,11-,13-/m1/s1. The van der Waals surface area contributed by atoms with Crippen LogP contribution in [0.3, 0.4) is 0 Å². The number of rotatable bonds is 2. The van der Waals surface area contributed by atoms with Gasteiger partial charge in [0, 0.05) is 5.54 Å². The van der Waals surface area contributed by atoms with Crippen LogP contribution in [0, 0.1) is 11.8 Å². The zero-order valence-electron chi connectivity index (χ0n) is 9.97. The lowest BCUT2D eigenvalue weighted by molar-refractivity contribution is -0.142. The molecule has 0 bridgehead atoms. The van der Waals surface area contributed by atoms with E-state index in [-0.39, 0.29) is 35.9 Å². The summed E-state index contributed by atoms with van der Waals surface area (Å²) >= 11 is 0. The minimum Gasteiger partial charge on any atom is -0.396 e. The van der Waals surface area contributed by atoms with Crippen molar-refractivity contribution in [2.24, 2.45) is 11.8 Å². The summed E-state index contributed by atoms with van der Waals surface area (Å²) < 4.78 is 0. The lowest BCUT2D eigenvalue weighted by atomic mass is 9.76. The zero-order valence-corrected chi connectivity index (χ0v) is 9.97. The number of nitrogens with zero attached hydrogens (tertiary/aromatic N) is 1. The third-order valence-electron chi connectivity index (χ3n) is 5.13. The molecule has 3 rings (SSSR count). The Bertz CT molecular complexity index is 357. The van der Waals surface area contributed by atoms with Crippen molar-refractivity contribution in [1.29, 1.82) is 0 Å². The van der Waals surface area contributed by atoms with E-state index in [2.05, 4.69) is 0 Å². The summed E-state index contributed by atoms with van der Waals surface area (Å²) in [7, 11) is 0. The molecule has 17 heavy (non-hydrogen) atoms. The second kappa shape index (κ2) is 3.80. The number of carbonyl (C=O) groups is 2. The van der Waals surface area contributed by atoms with Crippen molar-refractivity contribution in [3.05, 3.63) is 0 Å². The van der Waals surface area contributed by atoms with Crippen LogP contribution >= 0.6 is 0 Å².